The van der Waals surface area contributed by atoms with Crippen molar-refractivity contribution in [2.24, 2.45) is 0 Å². The molecule has 0 bridgehead atoms. The first kappa shape index (κ1) is 9.04. The molecule has 0 saturated carbocycles. The zero-order chi connectivity index (χ0) is 9.30. The van der Waals surface area contributed by atoms with E-state index < -0.39 is 0 Å². The molecule has 0 fully saturated rings. The molecule has 0 saturated heterocycles. The average Bonchev–Trinajstić information content (AvgIpc) is 1.82. The lowest BCUT2D eigenvalue weighted by Gasteiger charge is -2.10. The molecular formula is C10H14O2. The molecule has 0 aromatic carbocycles. The molecule has 1 heterocycles. The van der Waals surface area contributed by atoms with Crippen molar-refractivity contribution in [2.45, 2.75) is 33.6 Å². The Morgan fingerprint density at radius 1 is 1.33 bits per heavy atom. The molecule has 1 aromatic heterocycles. The van der Waals surface area contributed by atoms with E-state index >= 15 is 0 Å². The molecule has 12 heavy (non-hydrogen) atoms. The Balaban J connectivity index is 3.38. The van der Waals surface area contributed by atoms with Gasteiger partial charge < -0.3 is 4.42 Å². The molecular weight excluding hydrogens is 152 g/mol. The highest BCUT2D eigenvalue weighted by Gasteiger charge is 2.09. The van der Waals surface area contributed by atoms with E-state index in [9.17, 15) is 4.79 Å². The van der Waals surface area contributed by atoms with E-state index in [1.54, 1.807) is 6.07 Å². The van der Waals surface area contributed by atoms with Crippen LogP contribution < -0.4 is 5.63 Å². The van der Waals surface area contributed by atoms with E-state index in [2.05, 4.69) is 13.8 Å². The molecule has 0 spiro atoms. The summed E-state index contributed by atoms with van der Waals surface area (Å²) in [6, 6.07) is 1.54. The molecule has 0 atom stereocenters. The van der Waals surface area contributed by atoms with Crippen LogP contribution in [0.4, 0.5) is 0 Å². The minimum Gasteiger partial charge on any atom is -0.428 e. The van der Waals surface area contributed by atoms with E-state index in [4.69, 9.17) is 4.42 Å². The monoisotopic (exact) mass is 166 g/mol. The third-order valence-electron chi connectivity index (χ3n) is 1.97. The Bertz CT molecular complexity index is 308. The fourth-order valence-corrected chi connectivity index (χ4v) is 1.63. The summed E-state index contributed by atoms with van der Waals surface area (Å²) in [6.07, 6.45) is 0. The van der Waals surface area contributed by atoms with Crippen molar-refractivity contribution in [1.82, 2.24) is 0 Å². The zero-order valence-electron chi connectivity index (χ0n) is 7.97. The zero-order valence-corrected chi connectivity index (χ0v) is 7.97. The van der Waals surface area contributed by atoms with Gasteiger partial charge in [-0.05, 0) is 30.9 Å². The highest BCUT2D eigenvalue weighted by atomic mass is 16.4. The lowest BCUT2D eigenvalue weighted by atomic mass is 9.98. The molecule has 2 heteroatoms. The standard InChI is InChI=1S/C10H14O2/c1-6(2)10-7(3)5-9(11)12-8(10)4/h5-6H,1-4H3. The fourth-order valence-electron chi connectivity index (χ4n) is 1.63. The Hall–Kier alpha value is -1.05. The molecule has 2 nitrogen and oxygen atoms in total. The van der Waals surface area contributed by atoms with Crippen LogP contribution in [0.25, 0.3) is 0 Å². The lowest BCUT2D eigenvalue weighted by Crippen LogP contribution is -2.05. The van der Waals surface area contributed by atoms with Crippen LogP contribution in [-0.4, -0.2) is 0 Å². The molecule has 0 aliphatic heterocycles. The van der Waals surface area contributed by atoms with E-state index in [0.717, 1.165) is 16.9 Å². The molecule has 1 aromatic rings. The normalized spacial score (nSPS) is 10.8. The van der Waals surface area contributed by atoms with E-state index in [1.165, 1.54) is 0 Å². The smallest absolute Gasteiger partial charge is 0.336 e. The van der Waals surface area contributed by atoms with Crippen LogP contribution >= 0.6 is 0 Å². The summed E-state index contributed by atoms with van der Waals surface area (Å²) in [4.78, 5) is 10.9. The number of rotatable bonds is 1. The molecule has 66 valence electrons. The van der Waals surface area contributed by atoms with Crippen LogP contribution in [0.2, 0.25) is 0 Å². The molecule has 0 unspecified atom stereocenters. The average molecular weight is 166 g/mol. The van der Waals surface area contributed by atoms with Crippen molar-refractivity contribution in [1.29, 1.82) is 0 Å². The van der Waals surface area contributed by atoms with Crippen molar-refractivity contribution in [2.75, 3.05) is 0 Å². The van der Waals surface area contributed by atoms with E-state index in [1.807, 2.05) is 13.8 Å². The third kappa shape index (κ3) is 1.58. The maximum absolute atomic E-state index is 10.9. The van der Waals surface area contributed by atoms with Gasteiger partial charge in [0.25, 0.3) is 0 Å². The van der Waals surface area contributed by atoms with Crippen LogP contribution in [0, 0.1) is 13.8 Å². The van der Waals surface area contributed by atoms with Gasteiger partial charge in [0.05, 0.1) is 0 Å². The van der Waals surface area contributed by atoms with Gasteiger partial charge in [-0.15, -0.1) is 0 Å². The van der Waals surface area contributed by atoms with Gasteiger partial charge in [-0.3, -0.25) is 0 Å². The minimum absolute atomic E-state index is 0.255. The molecule has 1 rings (SSSR count). The Morgan fingerprint density at radius 3 is 2.33 bits per heavy atom. The van der Waals surface area contributed by atoms with Crippen LogP contribution in [0.5, 0.6) is 0 Å². The second-order valence-electron chi connectivity index (χ2n) is 3.37. The summed E-state index contributed by atoms with van der Waals surface area (Å²) in [7, 11) is 0. The van der Waals surface area contributed by atoms with Crippen LogP contribution in [0.1, 0.15) is 36.7 Å². The Morgan fingerprint density at radius 2 is 1.92 bits per heavy atom. The van der Waals surface area contributed by atoms with Crippen molar-refractivity contribution in [3.63, 3.8) is 0 Å². The summed E-state index contributed by atoms with van der Waals surface area (Å²) in [5.74, 6) is 1.16. The van der Waals surface area contributed by atoms with Crippen molar-refractivity contribution in [3.05, 3.63) is 33.4 Å². The van der Waals surface area contributed by atoms with Crippen molar-refractivity contribution >= 4 is 0 Å². The van der Waals surface area contributed by atoms with Gasteiger partial charge >= 0.3 is 5.63 Å². The van der Waals surface area contributed by atoms with Gasteiger partial charge in [-0.1, -0.05) is 13.8 Å². The molecule has 0 radical (unpaired) electrons. The van der Waals surface area contributed by atoms with Gasteiger partial charge in [0.2, 0.25) is 0 Å². The first-order valence-electron chi connectivity index (χ1n) is 4.13. The Kier molecular flexibility index (Phi) is 2.36. The van der Waals surface area contributed by atoms with Gasteiger partial charge in [-0.2, -0.15) is 0 Å². The summed E-state index contributed by atoms with van der Waals surface area (Å²) in [6.45, 7) is 7.97. The maximum atomic E-state index is 10.9. The first-order valence-corrected chi connectivity index (χ1v) is 4.13. The van der Waals surface area contributed by atoms with Gasteiger partial charge in [-0.25, -0.2) is 4.79 Å². The van der Waals surface area contributed by atoms with Gasteiger partial charge in [0.1, 0.15) is 5.76 Å². The van der Waals surface area contributed by atoms with Crippen molar-refractivity contribution < 1.29 is 4.42 Å². The van der Waals surface area contributed by atoms with Crippen LogP contribution in [0.15, 0.2) is 15.3 Å². The van der Waals surface area contributed by atoms with Gasteiger partial charge in [0.15, 0.2) is 0 Å². The fraction of sp³-hybridized carbons (Fsp3) is 0.500. The minimum atomic E-state index is -0.255. The number of aryl methyl sites for hydroxylation is 2. The molecule has 0 N–H and O–H groups in total. The molecule has 0 amide bonds. The summed E-state index contributed by atoms with van der Waals surface area (Å²) in [5.41, 5.74) is 1.92. The predicted molar refractivity (Wildman–Crippen MR) is 48.5 cm³/mol. The topological polar surface area (TPSA) is 30.2 Å². The SMILES string of the molecule is Cc1cc(=O)oc(C)c1C(C)C. The van der Waals surface area contributed by atoms with Gasteiger partial charge in [0, 0.05) is 6.07 Å². The Labute approximate surface area is 72.2 Å². The lowest BCUT2D eigenvalue weighted by molar-refractivity contribution is 0.467. The second-order valence-corrected chi connectivity index (χ2v) is 3.37. The summed E-state index contributed by atoms with van der Waals surface area (Å²) in [5, 5.41) is 0. The van der Waals surface area contributed by atoms with Crippen molar-refractivity contribution in [3.8, 4) is 0 Å². The summed E-state index contributed by atoms with van der Waals surface area (Å²) >= 11 is 0. The highest BCUT2D eigenvalue weighted by molar-refractivity contribution is 5.28. The van der Waals surface area contributed by atoms with E-state index in [-0.39, 0.29) is 5.63 Å². The summed E-state index contributed by atoms with van der Waals surface area (Å²) < 4.78 is 4.99. The number of hydrogen-bond acceptors (Lipinski definition) is 2. The largest absolute Gasteiger partial charge is 0.428 e. The second kappa shape index (κ2) is 3.13. The molecule has 0 aliphatic rings. The highest BCUT2D eigenvalue weighted by Crippen LogP contribution is 2.20. The first-order chi connectivity index (χ1) is 5.52. The van der Waals surface area contributed by atoms with E-state index in [0.29, 0.717) is 5.92 Å². The third-order valence-corrected chi connectivity index (χ3v) is 1.97. The molecule has 0 aliphatic carbocycles. The van der Waals surface area contributed by atoms with Crippen LogP contribution in [-0.2, 0) is 0 Å². The maximum Gasteiger partial charge on any atom is 0.336 e. The predicted octanol–water partition coefficient (Wildman–Crippen LogP) is 2.38. The quantitative estimate of drug-likeness (QED) is 0.641. The number of hydrogen-bond donors (Lipinski definition) is 0. The van der Waals surface area contributed by atoms with Crippen LogP contribution in [0.3, 0.4) is 0 Å².